The zero-order valence-electron chi connectivity index (χ0n) is 35.9. The number of allylic oxidation sites excluding steroid dienone is 10. The van der Waals surface area contributed by atoms with Crippen LogP contribution in [0.15, 0.2) is 60.8 Å². The zero-order chi connectivity index (χ0) is 40.1. The standard InChI is InChI=1S/C49H84O6/c1-4-7-10-13-16-19-22-23-24-25-28-30-33-36-39-42-48(51)54-45-46(55-49(52)43-40-37-34-31-27-21-18-15-12-9-6-3)44-53-47(50)41-38-35-32-29-26-20-17-14-11-8-5-2/h7,10,15-16,18-19,23-24,28,30,46H,4-6,8-9,11-14,17,20-22,25-27,29,31-45H2,1-3H3/b10-7-,18-15-,19-16-,24-23-,30-28-. The average molecular weight is 769 g/mol. The minimum Gasteiger partial charge on any atom is -0.462 e. The lowest BCUT2D eigenvalue weighted by atomic mass is 10.1. The minimum atomic E-state index is -0.790. The van der Waals surface area contributed by atoms with E-state index in [4.69, 9.17) is 14.2 Å². The van der Waals surface area contributed by atoms with E-state index in [1.54, 1.807) is 0 Å². The molecule has 0 heterocycles. The Morgan fingerprint density at radius 2 is 0.727 bits per heavy atom. The van der Waals surface area contributed by atoms with Crippen molar-refractivity contribution in [1.82, 2.24) is 0 Å². The second-order valence-electron chi connectivity index (χ2n) is 14.9. The Bertz CT molecular complexity index is 1020. The number of rotatable bonds is 40. The Morgan fingerprint density at radius 3 is 1.22 bits per heavy atom. The van der Waals surface area contributed by atoms with Crippen molar-refractivity contribution in [2.24, 2.45) is 0 Å². The van der Waals surface area contributed by atoms with Crippen molar-refractivity contribution < 1.29 is 28.6 Å². The predicted molar refractivity (Wildman–Crippen MR) is 233 cm³/mol. The summed E-state index contributed by atoms with van der Waals surface area (Å²) in [5.41, 5.74) is 0. The quantitative estimate of drug-likeness (QED) is 0.0267. The van der Waals surface area contributed by atoms with E-state index in [9.17, 15) is 14.4 Å². The first-order valence-corrected chi connectivity index (χ1v) is 22.8. The molecule has 0 spiro atoms. The largest absolute Gasteiger partial charge is 0.462 e. The molecule has 6 heteroatoms. The molecule has 1 atom stereocenters. The molecule has 0 saturated heterocycles. The van der Waals surface area contributed by atoms with E-state index in [1.807, 2.05) is 0 Å². The van der Waals surface area contributed by atoms with Crippen molar-refractivity contribution in [3.8, 4) is 0 Å². The fourth-order valence-electron chi connectivity index (χ4n) is 6.06. The van der Waals surface area contributed by atoms with Crippen LogP contribution in [0.1, 0.15) is 213 Å². The molecule has 0 fully saturated rings. The van der Waals surface area contributed by atoms with Crippen molar-refractivity contribution in [1.29, 1.82) is 0 Å². The Labute approximate surface area is 339 Å². The van der Waals surface area contributed by atoms with E-state index in [2.05, 4.69) is 81.5 Å². The Kier molecular flexibility index (Phi) is 41.5. The first kappa shape index (κ1) is 52.1. The lowest BCUT2D eigenvalue weighted by Crippen LogP contribution is -2.30. The third kappa shape index (κ3) is 42.1. The van der Waals surface area contributed by atoms with Crippen molar-refractivity contribution in [3.63, 3.8) is 0 Å². The van der Waals surface area contributed by atoms with Gasteiger partial charge in [0, 0.05) is 19.3 Å². The lowest BCUT2D eigenvalue weighted by Gasteiger charge is -2.18. The molecule has 1 unspecified atom stereocenters. The van der Waals surface area contributed by atoms with E-state index < -0.39 is 6.10 Å². The number of unbranched alkanes of at least 4 members (excludes halogenated alkanes) is 19. The molecule has 0 aromatic rings. The van der Waals surface area contributed by atoms with Crippen LogP contribution in [0.25, 0.3) is 0 Å². The Balaban J connectivity index is 4.45. The first-order chi connectivity index (χ1) is 27.0. The zero-order valence-corrected chi connectivity index (χ0v) is 35.9. The molecule has 0 aliphatic heterocycles. The summed E-state index contributed by atoms with van der Waals surface area (Å²) in [4.78, 5) is 37.7. The summed E-state index contributed by atoms with van der Waals surface area (Å²) in [6, 6.07) is 0. The normalized spacial score (nSPS) is 12.6. The van der Waals surface area contributed by atoms with E-state index in [0.29, 0.717) is 19.3 Å². The van der Waals surface area contributed by atoms with Crippen LogP contribution >= 0.6 is 0 Å². The van der Waals surface area contributed by atoms with Gasteiger partial charge in [-0.3, -0.25) is 14.4 Å². The van der Waals surface area contributed by atoms with Crippen molar-refractivity contribution in [2.45, 2.75) is 219 Å². The second-order valence-corrected chi connectivity index (χ2v) is 14.9. The van der Waals surface area contributed by atoms with E-state index in [-0.39, 0.29) is 31.1 Å². The number of carbonyl (C=O) groups excluding carboxylic acids is 3. The van der Waals surface area contributed by atoms with Crippen LogP contribution in [0.5, 0.6) is 0 Å². The summed E-state index contributed by atoms with van der Waals surface area (Å²) in [6.45, 7) is 6.42. The Hall–Kier alpha value is -2.89. The highest BCUT2D eigenvalue weighted by atomic mass is 16.6. The topological polar surface area (TPSA) is 78.9 Å². The summed E-state index contributed by atoms with van der Waals surface area (Å²) < 4.78 is 16.7. The molecule has 0 aromatic heterocycles. The van der Waals surface area contributed by atoms with E-state index in [0.717, 1.165) is 96.3 Å². The van der Waals surface area contributed by atoms with Gasteiger partial charge in [-0.25, -0.2) is 0 Å². The number of carbonyl (C=O) groups is 3. The molecule has 0 bridgehead atoms. The average Bonchev–Trinajstić information content (AvgIpc) is 3.18. The highest BCUT2D eigenvalue weighted by Crippen LogP contribution is 2.14. The fraction of sp³-hybridized carbons (Fsp3) is 0.735. The third-order valence-electron chi connectivity index (χ3n) is 9.51. The molecule has 0 saturated carbocycles. The molecule has 0 N–H and O–H groups in total. The maximum atomic E-state index is 12.7. The van der Waals surface area contributed by atoms with Gasteiger partial charge in [-0.2, -0.15) is 0 Å². The maximum absolute atomic E-state index is 12.7. The Morgan fingerprint density at radius 1 is 0.382 bits per heavy atom. The van der Waals surface area contributed by atoms with Crippen molar-refractivity contribution >= 4 is 17.9 Å². The third-order valence-corrected chi connectivity index (χ3v) is 9.51. The highest BCUT2D eigenvalue weighted by Gasteiger charge is 2.19. The number of esters is 3. The first-order valence-electron chi connectivity index (χ1n) is 22.8. The van der Waals surface area contributed by atoms with Gasteiger partial charge in [-0.1, -0.05) is 178 Å². The van der Waals surface area contributed by atoms with E-state index >= 15 is 0 Å². The molecule has 55 heavy (non-hydrogen) atoms. The van der Waals surface area contributed by atoms with Gasteiger partial charge in [0.05, 0.1) is 0 Å². The van der Waals surface area contributed by atoms with Crippen LogP contribution in [0, 0.1) is 0 Å². The van der Waals surface area contributed by atoms with Crippen LogP contribution in [0.4, 0.5) is 0 Å². The molecule has 316 valence electrons. The molecule has 0 aliphatic rings. The highest BCUT2D eigenvalue weighted by molar-refractivity contribution is 5.71. The molecule has 0 rings (SSSR count). The van der Waals surface area contributed by atoms with Gasteiger partial charge in [-0.05, 0) is 77.0 Å². The molecule has 6 nitrogen and oxygen atoms in total. The van der Waals surface area contributed by atoms with Crippen LogP contribution in [-0.4, -0.2) is 37.2 Å². The molecule has 0 aromatic carbocycles. The molecule has 0 radical (unpaired) electrons. The van der Waals surface area contributed by atoms with Gasteiger partial charge in [0.1, 0.15) is 13.2 Å². The molecule has 0 aliphatic carbocycles. The SMILES string of the molecule is CC/C=C\C/C=C\C/C=C\C/C=C\CCCCC(=O)OCC(COC(=O)CCCCCCCCCCCCC)OC(=O)CCCCCCC/C=C\CCCC. The van der Waals surface area contributed by atoms with Crippen LogP contribution in [0.3, 0.4) is 0 Å². The van der Waals surface area contributed by atoms with Crippen molar-refractivity contribution in [3.05, 3.63) is 60.8 Å². The minimum absolute atomic E-state index is 0.0898. The van der Waals surface area contributed by atoms with Crippen LogP contribution < -0.4 is 0 Å². The van der Waals surface area contributed by atoms with Gasteiger partial charge >= 0.3 is 17.9 Å². The van der Waals surface area contributed by atoms with Gasteiger partial charge in [0.25, 0.3) is 0 Å². The smallest absolute Gasteiger partial charge is 0.306 e. The monoisotopic (exact) mass is 769 g/mol. The van der Waals surface area contributed by atoms with E-state index in [1.165, 1.54) is 77.0 Å². The molecular formula is C49H84O6. The van der Waals surface area contributed by atoms with Gasteiger partial charge < -0.3 is 14.2 Å². The summed E-state index contributed by atoms with van der Waals surface area (Å²) in [6.07, 6.45) is 52.0. The number of ether oxygens (including phenoxy) is 3. The van der Waals surface area contributed by atoms with Gasteiger partial charge in [0.15, 0.2) is 6.10 Å². The molecule has 0 amide bonds. The lowest BCUT2D eigenvalue weighted by molar-refractivity contribution is -0.167. The van der Waals surface area contributed by atoms with Gasteiger partial charge in [-0.15, -0.1) is 0 Å². The second kappa shape index (κ2) is 43.8. The summed E-state index contributed by atoms with van der Waals surface area (Å²) >= 11 is 0. The molecular weight excluding hydrogens is 685 g/mol. The van der Waals surface area contributed by atoms with Crippen LogP contribution in [-0.2, 0) is 28.6 Å². The van der Waals surface area contributed by atoms with Crippen molar-refractivity contribution in [2.75, 3.05) is 13.2 Å². The predicted octanol–water partition coefficient (Wildman–Crippen LogP) is 14.5. The summed E-state index contributed by atoms with van der Waals surface area (Å²) in [5, 5.41) is 0. The maximum Gasteiger partial charge on any atom is 0.306 e. The fourth-order valence-corrected chi connectivity index (χ4v) is 6.06. The number of hydrogen-bond acceptors (Lipinski definition) is 6. The van der Waals surface area contributed by atoms with Crippen LogP contribution in [0.2, 0.25) is 0 Å². The van der Waals surface area contributed by atoms with Gasteiger partial charge in [0.2, 0.25) is 0 Å². The summed E-state index contributed by atoms with van der Waals surface area (Å²) in [5.74, 6) is -0.947. The summed E-state index contributed by atoms with van der Waals surface area (Å²) in [7, 11) is 0. The number of hydrogen-bond donors (Lipinski definition) is 0.